The Balaban J connectivity index is 0.000000212. The van der Waals surface area contributed by atoms with Gasteiger partial charge in [0.25, 0.3) is 5.69 Å². The van der Waals surface area contributed by atoms with Crippen LogP contribution in [0.15, 0.2) is 155 Å². The van der Waals surface area contributed by atoms with E-state index in [1.807, 2.05) is 132 Å². The van der Waals surface area contributed by atoms with Gasteiger partial charge >= 0.3 is 0 Å². The molecule has 16 heteroatoms. The quantitative estimate of drug-likeness (QED) is 0.0418. The molecule has 0 spiro atoms. The summed E-state index contributed by atoms with van der Waals surface area (Å²) in [4.78, 5) is 77.9. The minimum Gasteiger partial charge on any atom is -0.399 e. The number of rotatable bonds is 21. The molecule has 0 unspecified atom stereocenters. The van der Waals surface area contributed by atoms with Crippen molar-refractivity contribution in [3.63, 3.8) is 0 Å². The Kier molecular flexibility index (Phi) is 18.7. The maximum absolute atomic E-state index is 13.8. The summed E-state index contributed by atoms with van der Waals surface area (Å²) >= 11 is 6.36. The van der Waals surface area contributed by atoms with Crippen LogP contribution in [0, 0.1) is 22.0 Å². The number of hydrogen-bond donors (Lipinski definition) is 1. The topological polar surface area (TPSA) is 170 Å². The molecule has 12 nitrogen and oxygen atoms in total. The van der Waals surface area contributed by atoms with Crippen molar-refractivity contribution >= 4 is 80.1 Å². The number of anilines is 1. The number of nitrogens with two attached hydrogens (primary N) is 1. The number of aromatic nitrogens is 2. The van der Waals surface area contributed by atoms with Crippen LogP contribution in [0.5, 0.6) is 0 Å². The first-order valence-electron chi connectivity index (χ1n) is 23.4. The predicted octanol–water partition coefficient (Wildman–Crippen LogP) is 12.4. The summed E-state index contributed by atoms with van der Waals surface area (Å²) in [6.45, 7) is 3.05. The fourth-order valence-electron chi connectivity index (χ4n) is 8.51. The summed E-state index contributed by atoms with van der Waals surface area (Å²) in [6.07, 6.45) is 2.39. The Labute approximate surface area is 436 Å². The monoisotopic (exact) mass is 1040 g/mol. The molecule has 4 aromatic carbocycles. The second kappa shape index (κ2) is 25.4. The Morgan fingerprint density at radius 1 is 0.542 bits per heavy atom. The van der Waals surface area contributed by atoms with Gasteiger partial charge < -0.3 is 25.1 Å². The van der Waals surface area contributed by atoms with E-state index in [1.165, 1.54) is 30.4 Å². The molecule has 370 valence electrons. The number of benzene rings is 4. The lowest BCUT2D eigenvalue weighted by Crippen LogP contribution is -2.38. The molecule has 4 heterocycles. The highest BCUT2D eigenvalue weighted by molar-refractivity contribution is 7.20. The third kappa shape index (κ3) is 14.6. The highest BCUT2D eigenvalue weighted by Crippen LogP contribution is 2.36. The molecule has 2 amide bonds. The van der Waals surface area contributed by atoms with Crippen molar-refractivity contribution in [2.75, 3.05) is 19.8 Å². The van der Waals surface area contributed by atoms with Crippen LogP contribution in [-0.2, 0) is 44.9 Å². The molecule has 0 radical (unpaired) electrons. The van der Waals surface area contributed by atoms with Crippen molar-refractivity contribution in [3.05, 3.63) is 199 Å². The standard InChI is InChI=1S/C28H27N3O4S2.C28H29N3O2S2/c1-19(32)15-22(16-20-7-4-3-5-8-20)28(33)30(2)25(17-21-10-12-23(13-11-21)31(34)35)24-18-37-27(29-24)26-9-6-14-36-26;1-19(32)15-22(16-20-7-4-3-5-8-20)28(33)31(2)25(17-21-10-12-23(29)13-11-21)24-18-35-27(30-24)26-9-6-14-34-26/h3-14,18,22,25H,15-17H2,1-2H3;3-14,18,22,25H,15-17,29H2,1-2H3/t2*22-,25-/m00/s1. The average Bonchev–Trinajstić information content (AvgIpc) is 4.24. The SMILES string of the molecule is CC(=O)C[C@@H](Cc1ccccc1)C(=O)N(C)[C@@H](Cc1ccc(N)cc1)c1csc(-c2cccs2)n1.CC(=O)C[C@@H](Cc1ccccc1)C(=O)N(C)[C@@H](Cc1ccc([N+](=O)[O-])cc1)c1csc(-c2cccs2)n1. The molecule has 4 atom stereocenters. The van der Waals surface area contributed by atoms with Crippen molar-refractivity contribution < 1.29 is 24.1 Å². The van der Waals surface area contributed by atoms with Gasteiger partial charge in [0.05, 0.1) is 38.1 Å². The number of thiophene rings is 2. The predicted molar refractivity (Wildman–Crippen MR) is 291 cm³/mol. The van der Waals surface area contributed by atoms with Gasteiger partial charge in [0.2, 0.25) is 11.8 Å². The number of ketones is 2. The van der Waals surface area contributed by atoms with Crippen LogP contribution in [0.1, 0.15) is 72.4 Å². The van der Waals surface area contributed by atoms with Crippen molar-refractivity contribution in [1.29, 1.82) is 0 Å². The fraction of sp³-hybridized carbons (Fsp3) is 0.250. The fourth-order valence-corrected chi connectivity index (χ4v) is 11.9. The number of nitrogens with zero attached hydrogens (tertiary/aromatic N) is 5. The highest BCUT2D eigenvalue weighted by atomic mass is 32.1. The highest BCUT2D eigenvalue weighted by Gasteiger charge is 2.33. The third-order valence-corrected chi connectivity index (χ3v) is 16.0. The van der Waals surface area contributed by atoms with E-state index in [1.54, 1.807) is 69.9 Å². The summed E-state index contributed by atoms with van der Waals surface area (Å²) in [5.41, 5.74) is 12.2. The van der Waals surface area contributed by atoms with E-state index in [-0.39, 0.29) is 48.0 Å². The summed E-state index contributed by atoms with van der Waals surface area (Å²) < 4.78 is 0. The minimum absolute atomic E-state index is 0.0106. The van der Waals surface area contributed by atoms with Crippen molar-refractivity contribution in [2.24, 2.45) is 11.8 Å². The molecule has 0 aliphatic carbocycles. The minimum atomic E-state index is -0.500. The Bertz CT molecular complexity index is 3010. The molecule has 0 bridgehead atoms. The molecule has 8 aromatic rings. The number of amides is 2. The maximum Gasteiger partial charge on any atom is 0.269 e. The van der Waals surface area contributed by atoms with Gasteiger partial charge in [0.15, 0.2) is 0 Å². The summed E-state index contributed by atoms with van der Waals surface area (Å²) in [6, 6.07) is 41.1. The molecule has 0 saturated carbocycles. The lowest BCUT2D eigenvalue weighted by atomic mass is 9.92. The van der Waals surface area contributed by atoms with Gasteiger partial charge in [-0.2, -0.15) is 0 Å². The van der Waals surface area contributed by atoms with Gasteiger partial charge in [0, 0.05) is 67.4 Å². The molecule has 0 fully saturated rings. The molecule has 4 aromatic heterocycles. The zero-order chi connectivity index (χ0) is 51.1. The zero-order valence-corrected chi connectivity index (χ0v) is 43.7. The van der Waals surface area contributed by atoms with Crippen molar-refractivity contribution in [1.82, 2.24) is 19.8 Å². The van der Waals surface area contributed by atoms with E-state index in [2.05, 4.69) is 6.07 Å². The number of non-ortho nitro benzene ring substituents is 1. The van der Waals surface area contributed by atoms with Crippen LogP contribution in [-0.4, -0.2) is 62.2 Å². The lowest BCUT2D eigenvalue weighted by Gasteiger charge is -2.30. The van der Waals surface area contributed by atoms with Gasteiger partial charge in [0.1, 0.15) is 21.6 Å². The molecule has 0 aliphatic heterocycles. The normalized spacial score (nSPS) is 12.7. The number of Topliss-reactive ketones (excluding diaryl/α,β-unsaturated/α-hetero) is 2. The smallest absolute Gasteiger partial charge is 0.269 e. The van der Waals surface area contributed by atoms with Gasteiger partial charge in [-0.25, -0.2) is 9.97 Å². The number of nitro groups is 1. The Hall–Kier alpha value is -6.98. The number of hydrogen-bond acceptors (Lipinski definition) is 13. The number of likely N-dealkylation sites (N-methyl/N-ethyl adjacent to an activating group) is 2. The Morgan fingerprint density at radius 3 is 1.29 bits per heavy atom. The van der Waals surface area contributed by atoms with Crippen LogP contribution >= 0.6 is 45.3 Å². The maximum atomic E-state index is 13.8. The summed E-state index contributed by atoms with van der Waals surface area (Å²) in [5, 5.41) is 21.0. The van der Waals surface area contributed by atoms with E-state index in [0.717, 1.165) is 53.4 Å². The van der Waals surface area contributed by atoms with E-state index in [0.29, 0.717) is 31.4 Å². The van der Waals surface area contributed by atoms with Crippen LogP contribution in [0.4, 0.5) is 11.4 Å². The van der Waals surface area contributed by atoms with E-state index in [4.69, 9.17) is 15.7 Å². The Morgan fingerprint density at radius 2 is 0.931 bits per heavy atom. The van der Waals surface area contributed by atoms with Gasteiger partial charge in [-0.15, -0.1) is 45.3 Å². The van der Waals surface area contributed by atoms with Gasteiger partial charge in [-0.1, -0.05) is 97.1 Å². The van der Waals surface area contributed by atoms with Gasteiger partial charge in [-0.3, -0.25) is 19.7 Å². The summed E-state index contributed by atoms with van der Waals surface area (Å²) in [5.74, 6) is -1.13. The number of thiazole rings is 2. The first kappa shape index (κ1) is 52.8. The second-order valence-corrected chi connectivity index (χ2v) is 21.3. The van der Waals surface area contributed by atoms with Crippen molar-refractivity contribution in [2.45, 2.75) is 64.5 Å². The molecular weight excluding hydrogens is 981 g/mol. The van der Waals surface area contributed by atoms with E-state index in [9.17, 15) is 29.3 Å². The third-order valence-electron chi connectivity index (χ3n) is 12.2. The first-order chi connectivity index (χ1) is 34.7. The van der Waals surface area contributed by atoms with Crippen molar-refractivity contribution in [3.8, 4) is 19.8 Å². The number of carbonyl (C=O) groups excluding carboxylic acids is 4. The molecule has 0 saturated heterocycles. The van der Waals surface area contributed by atoms with Crippen LogP contribution in [0.2, 0.25) is 0 Å². The molecular formula is C56H56N6O6S4. The number of carbonyl (C=O) groups is 4. The zero-order valence-electron chi connectivity index (χ0n) is 40.5. The largest absolute Gasteiger partial charge is 0.399 e. The molecule has 8 rings (SSSR count). The average molecular weight is 1040 g/mol. The molecule has 2 N–H and O–H groups in total. The van der Waals surface area contributed by atoms with E-state index >= 15 is 0 Å². The lowest BCUT2D eigenvalue weighted by molar-refractivity contribution is -0.384. The van der Waals surface area contributed by atoms with Crippen LogP contribution in [0.3, 0.4) is 0 Å². The number of nitrogen functional groups attached to an aromatic ring is 1. The summed E-state index contributed by atoms with van der Waals surface area (Å²) in [7, 11) is 3.58. The van der Waals surface area contributed by atoms with Gasteiger partial charge in [-0.05, 0) is 96.8 Å². The number of nitro benzene ring substituents is 1. The second-order valence-electron chi connectivity index (χ2n) is 17.7. The van der Waals surface area contributed by atoms with Crippen LogP contribution in [0.25, 0.3) is 19.8 Å². The van der Waals surface area contributed by atoms with E-state index < -0.39 is 22.8 Å². The van der Waals surface area contributed by atoms with Crippen LogP contribution < -0.4 is 5.73 Å². The molecule has 0 aliphatic rings. The molecule has 72 heavy (non-hydrogen) atoms. The first-order valence-corrected chi connectivity index (χ1v) is 26.9.